The third-order valence-corrected chi connectivity index (χ3v) is 4.69. The van der Waals surface area contributed by atoms with Gasteiger partial charge < -0.3 is 14.7 Å². The number of carbonyl (C=O) groups is 2. The number of nitrogens with zero attached hydrogens (tertiary/aromatic N) is 2. The van der Waals surface area contributed by atoms with Crippen LogP contribution in [0.2, 0.25) is 0 Å². The molecule has 0 bridgehead atoms. The first-order valence-electron chi connectivity index (χ1n) is 6.27. The molecule has 0 spiro atoms. The molecule has 1 aliphatic rings. The Kier molecular flexibility index (Phi) is 5.93. The number of aliphatic carboxylic acids is 1. The Labute approximate surface area is 118 Å². The lowest BCUT2D eigenvalue weighted by atomic mass is 10.1. The van der Waals surface area contributed by atoms with Crippen molar-refractivity contribution in [3.8, 4) is 0 Å². The first-order chi connectivity index (χ1) is 8.90. The Hall–Kier alpha value is -0.950. The lowest BCUT2D eigenvalue weighted by Crippen LogP contribution is -2.52. The fourth-order valence-corrected chi connectivity index (χ4v) is 3.46. The fourth-order valence-electron chi connectivity index (χ4n) is 1.99. The van der Waals surface area contributed by atoms with Crippen molar-refractivity contribution in [2.45, 2.75) is 25.3 Å². The molecule has 0 aromatic rings. The third-order valence-electron chi connectivity index (χ3n) is 3.07. The monoisotopic (exact) mass is 290 g/mol. The maximum absolute atomic E-state index is 12.4. The van der Waals surface area contributed by atoms with E-state index in [9.17, 15) is 14.7 Å². The molecule has 1 heterocycles. The molecule has 0 radical (unpaired) electrons. The molecule has 7 heteroatoms. The maximum Gasteiger partial charge on any atom is 0.327 e. The van der Waals surface area contributed by atoms with Crippen LogP contribution in [-0.4, -0.2) is 71.4 Å². The van der Waals surface area contributed by atoms with Crippen LogP contribution in [0.15, 0.2) is 0 Å². The van der Waals surface area contributed by atoms with E-state index in [0.717, 1.165) is 0 Å². The van der Waals surface area contributed by atoms with Crippen molar-refractivity contribution in [1.82, 2.24) is 9.80 Å². The summed E-state index contributed by atoms with van der Waals surface area (Å²) >= 11 is 1.53. The number of carbonyl (C=O) groups excluding carboxylic acids is 1. The molecule has 19 heavy (non-hydrogen) atoms. The molecule has 0 saturated carbocycles. The highest BCUT2D eigenvalue weighted by atomic mass is 32.2. The van der Waals surface area contributed by atoms with E-state index in [4.69, 9.17) is 4.74 Å². The van der Waals surface area contributed by atoms with Crippen molar-refractivity contribution < 1.29 is 19.4 Å². The van der Waals surface area contributed by atoms with Crippen LogP contribution in [0.5, 0.6) is 0 Å². The van der Waals surface area contributed by atoms with Gasteiger partial charge in [-0.1, -0.05) is 13.8 Å². The first-order valence-corrected chi connectivity index (χ1v) is 7.31. The molecule has 1 fully saturated rings. The molecular formula is C12H22N2O4S. The minimum absolute atomic E-state index is 0.0846. The van der Waals surface area contributed by atoms with E-state index >= 15 is 0 Å². The summed E-state index contributed by atoms with van der Waals surface area (Å²) in [6.07, 6.45) is 0. The Balaban J connectivity index is 2.83. The van der Waals surface area contributed by atoms with Gasteiger partial charge >= 0.3 is 12.0 Å². The Morgan fingerprint density at radius 2 is 2.16 bits per heavy atom. The van der Waals surface area contributed by atoms with Gasteiger partial charge in [-0.15, -0.1) is 11.8 Å². The summed E-state index contributed by atoms with van der Waals surface area (Å²) in [7, 11) is 3.24. The minimum Gasteiger partial charge on any atom is -0.480 e. The van der Waals surface area contributed by atoms with E-state index in [1.807, 2.05) is 13.8 Å². The van der Waals surface area contributed by atoms with E-state index in [1.165, 1.54) is 21.6 Å². The van der Waals surface area contributed by atoms with Gasteiger partial charge in [-0.3, -0.25) is 4.90 Å². The van der Waals surface area contributed by atoms with E-state index in [0.29, 0.717) is 18.9 Å². The number of methoxy groups -OCH3 is 1. The van der Waals surface area contributed by atoms with Crippen LogP contribution in [0.1, 0.15) is 13.8 Å². The zero-order chi connectivity index (χ0) is 14.6. The van der Waals surface area contributed by atoms with E-state index in [2.05, 4.69) is 0 Å². The molecule has 0 aliphatic carbocycles. The fraction of sp³-hybridized carbons (Fsp3) is 0.833. The van der Waals surface area contributed by atoms with Crippen molar-refractivity contribution in [3.05, 3.63) is 0 Å². The van der Waals surface area contributed by atoms with Crippen molar-refractivity contribution in [2.75, 3.05) is 33.1 Å². The summed E-state index contributed by atoms with van der Waals surface area (Å²) in [5.41, 5.74) is 0. The average molecular weight is 290 g/mol. The summed E-state index contributed by atoms with van der Waals surface area (Å²) < 4.78 is 4.94. The highest BCUT2D eigenvalue weighted by molar-refractivity contribution is 8.00. The number of amides is 2. The number of carboxylic acid groups (broad SMARTS) is 1. The number of rotatable bonds is 5. The molecule has 2 amide bonds. The largest absolute Gasteiger partial charge is 0.480 e. The zero-order valence-corrected chi connectivity index (χ0v) is 12.6. The van der Waals surface area contributed by atoms with E-state index in [-0.39, 0.29) is 17.3 Å². The molecule has 1 N–H and O–H groups in total. The van der Waals surface area contributed by atoms with Crippen LogP contribution in [-0.2, 0) is 9.53 Å². The predicted octanol–water partition coefficient (Wildman–Crippen LogP) is 1.17. The molecule has 1 aliphatic heterocycles. The molecular weight excluding hydrogens is 268 g/mol. The molecule has 1 saturated heterocycles. The Morgan fingerprint density at radius 3 is 2.63 bits per heavy atom. The first kappa shape index (κ1) is 16.1. The summed E-state index contributed by atoms with van der Waals surface area (Å²) in [5, 5.41) is 9.15. The number of carboxylic acids is 1. The molecule has 0 aromatic carbocycles. The third kappa shape index (κ3) is 3.76. The van der Waals surface area contributed by atoms with Crippen molar-refractivity contribution in [3.63, 3.8) is 0 Å². The number of urea groups is 1. The van der Waals surface area contributed by atoms with E-state index in [1.54, 1.807) is 14.2 Å². The summed E-state index contributed by atoms with van der Waals surface area (Å²) in [6, 6.07) is -0.983. The number of hydrogen-bond acceptors (Lipinski definition) is 4. The lowest BCUT2D eigenvalue weighted by molar-refractivity contribution is -0.141. The second-order valence-corrected chi connectivity index (χ2v) is 6.08. The Morgan fingerprint density at radius 1 is 1.53 bits per heavy atom. The van der Waals surface area contributed by atoms with E-state index < -0.39 is 12.0 Å². The smallest absolute Gasteiger partial charge is 0.327 e. The van der Waals surface area contributed by atoms with Gasteiger partial charge in [0, 0.05) is 26.5 Å². The summed E-state index contributed by atoms with van der Waals surface area (Å²) in [6.45, 7) is 4.88. The SMILES string of the molecule is COCCN(C)C(=O)N1C(C(=O)O)CSC1C(C)C. The van der Waals surface area contributed by atoms with Crippen LogP contribution in [0.4, 0.5) is 4.79 Å². The van der Waals surface area contributed by atoms with Gasteiger partial charge in [-0.25, -0.2) is 9.59 Å². The second kappa shape index (κ2) is 7.00. The second-order valence-electron chi connectivity index (χ2n) is 4.93. The van der Waals surface area contributed by atoms with Gasteiger partial charge in [0.15, 0.2) is 0 Å². The topological polar surface area (TPSA) is 70.1 Å². The van der Waals surface area contributed by atoms with Crippen molar-refractivity contribution >= 4 is 23.8 Å². The predicted molar refractivity (Wildman–Crippen MR) is 74.2 cm³/mol. The van der Waals surface area contributed by atoms with Crippen LogP contribution in [0.3, 0.4) is 0 Å². The quantitative estimate of drug-likeness (QED) is 0.823. The lowest BCUT2D eigenvalue weighted by Gasteiger charge is -2.33. The van der Waals surface area contributed by atoms with Crippen LogP contribution in [0.25, 0.3) is 0 Å². The molecule has 2 unspecified atom stereocenters. The molecule has 6 nitrogen and oxygen atoms in total. The van der Waals surface area contributed by atoms with Gasteiger partial charge in [-0.05, 0) is 5.92 Å². The number of hydrogen-bond donors (Lipinski definition) is 1. The van der Waals surface area contributed by atoms with Crippen LogP contribution in [0, 0.1) is 5.92 Å². The van der Waals surface area contributed by atoms with Crippen LogP contribution >= 0.6 is 11.8 Å². The van der Waals surface area contributed by atoms with Crippen LogP contribution < -0.4 is 0 Å². The van der Waals surface area contributed by atoms with Gasteiger partial charge in [0.2, 0.25) is 0 Å². The normalized spacial score (nSPS) is 22.9. The van der Waals surface area contributed by atoms with Gasteiger partial charge in [0.25, 0.3) is 0 Å². The summed E-state index contributed by atoms with van der Waals surface area (Å²) in [5.74, 6) is -0.277. The van der Waals surface area contributed by atoms with Crippen molar-refractivity contribution in [1.29, 1.82) is 0 Å². The highest BCUT2D eigenvalue weighted by Crippen LogP contribution is 2.34. The Bertz CT molecular complexity index is 338. The number of likely N-dealkylation sites (N-methyl/N-ethyl adjacent to an activating group) is 1. The van der Waals surface area contributed by atoms with Crippen molar-refractivity contribution in [2.24, 2.45) is 5.92 Å². The average Bonchev–Trinajstić information content (AvgIpc) is 2.79. The standard InChI is InChI=1S/C12H22N2O4S/c1-8(2)10-14(9(7-19-10)11(15)16)12(17)13(3)5-6-18-4/h8-10H,5-7H2,1-4H3,(H,15,16). The highest BCUT2D eigenvalue weighted by Gasteiger charge is 2.43. The maximum atomic E-state index is 12.4. The van der Waals surface area contributed by atoms with Gasteiger partial charge in [0.1, 0.15) is 6.04 Å². The minimum atomic E-state index is -0.941. The molecule has 0 aromatic heterocycles. The van der Waals surface area contributed by atoms with Gasteiger partial charge in [0.05, 0.1) is 12.0 Å². The molecule has 110 valence electrons. The number of thioether (sulfide) groups is 1. The van der Waals surface area contributed by atoms with Gasteiger partial charge in [-0.2, -0.15) is 0 Å². The number of ether oxygens (including phenoxy) is 1. The summed E-state index contributed by atoms with van der Waals surface area (Å²) in [4.78, 5) is 26.7. The molecule has 2 atom stereocenters. The zero-order valence-electron chi connectivity index (χ0n) is 11.8. The molecule has 1 rings (SSSR count).